The van der Waals surface area contributed by atoms with Crippen LogP contribution in [0.4, 0.5) is 0 Å². The molecule has 0 radical (unpaired) electrons. The first-order valence-corrected chi connectivity index (χ1v) is 7.56. The van der Waals surface area contributed by atoms with Crippen molar-refractivity contribution < 1.29 is 15.3 Å². The maximum absolute atomic E-state index is 10.5. The Balaban J connectivity index is 4.46. The minimum absolute atomic E-state index is 0.328. The SMILES string of the molecule is CC(O)CN(CCN(CC(C)O)CC(C)N=O)CC(C)O. The van der Waals surface area contributed by atoms with Crippen molar-refractivity contribution >= 4 is 0 Å². The van der Waals surface area contributed by atoms with Crippen molar-refractivity contribution in [3.8, 4) is 0 Å². The van der Waals surface area contributed by atoms with Gasteiger partial charge in [0.05, 0.1) is 18.3 Å². The highest BCUT2D eigenvalue weighted by Crippen LogP contribution is 2.01. The van der Waals surface area contributed by atoms with E-state index >= 15 is 0 Å². The van der Waals surface area contributed by atoms with E-state index in [2.05, 4.69) is 5.18 Å². The predicted molar refractivity (Wildman–Crippen MR) is 83.2 cm³/mol. The first-order chi connectivity index (χ1) is 9.74. The Kier molecular flexibility index (Phi) is 10.7. The molecule has 0 saturated heterocycles. The summed E-state index contributed by atoms with van der Waals surface area (Å²) in [4.78, 5) is 14.5. The van der Waals surface area contributed by atoms with Crippen LogP contribution in [0.5, 0.6) is 0 Å². The molecule has 0 heterocycles. The van der Waals surface area contributed by atoms with Crippen molar-refractivity contribution in [1.82, 2.24) is 9.80 Å². The zero-order chi connectivity index (χ0) is 16.4. The summed E-state index contributed by atoms with van der Waals surface area (Å²) >= 11 is 0. The minimum atomic E-state index is -0.481. The molecule has 0 aliphatic rings. The fraction of sp³-hybridized carbons (Fsp3) is 1.00. The largest absolute Gasteiger partial charge is 0.392 e. The van der Waals surface area contributed by atoms with Crippen LogP contribution in [0.2, 0.25) is 0 Å². The summed E-state index contributed by atoms with van der Waals surface area (Å²) in [5.74, 6) is 0. The number of aliphatic hydroxyl groups excluding tert-OH is 3. The van der Waals surface area contributed by atoms with E-state index in [9.17, 15) is 20.2 Å². The Morgan fingerprint density at radius 1 is 0.762 bits per heavy atom. The molecule has 0 aromatic rings. The molecule has 0 aliphatic carbocycles. The van der Waals surface area contributed by atoms with Crippen LogP contribution in [0.3, 0.4) is 0 Å². The second kappa shape index (κ2) is 11.0. The highest BCUT2D eigenvalue weighted by molar-refractivity contribution is 4.72. The normalized spacial score (nSPS) is 17.8. The van der Waals surface area contributed by atoms with Gasteiger partial charge in [0.2, 0.25) is 0 Å². The Morgan fingerprint density at radius 3 is 1.38 bits per heavy atom. The molecule has 21 heavy (non-hydrogen) atoms. The van der Waals surface area contributed by atoms with Crippen LogP contribution >= 0.6 is 0 Å². The maximum Gasteiger partial charge on any atom is 0.102 e. The predicted octanol–water partition coefficient (Wildman–Crippen LogP) is -0.112. The first kappa shape index (κ1) is 20.4. The van der Waals surface area contributed by atoms with Gasteiger partial charge in [-0.25, -0.2) is 0 Å². The second-order valence-corrected chi connectivity index (χ2v) is 6.02. The van der Waals surface area contributed by atoms with Gasteiger partial charge in [-0.05, 0) is 27.7 Å². The lowest BCUT2D eigenvalue weighted by Gasteiger charge is -2.30. The summed E-state index contributed by atoms with van der Waals surface area (Å²) in [7, 11) is 0. The number of hydrogen-bond donors (Lipinski definition) is 3. The van der Waals surface area contributed by atoms with Crippen molar-refractivity contribution in [2.75, 3.05) is 39.3 Å². The molecular formula is C14H31N3O4. The minimum Gasteiger partial charge on any atom is -0.392 e. The molecule has 0 aromatic heterocycles. The van der Waals surface area contributed by atoms with Crippen LogP contribution < -0.4 is 0 Å². The fourth-order valence-corrected chi connectivity index (χ4v) is 2.33. The summed E-state index contributed by atoms with van der Waals surface area (Å²) in [6, 6.07) is -0.328. The molecule has 126 valence electrons. The molecule has 0 aromatic carbocycles. The quantitative estimate of drug-likeness (QED) is 0.435. The third-order valence-electron chi connectivity index (χ3n) is 3.00. The van der Waals surface area contributed by atoms with E-state index in [1.165, 1.54) is 0 Å². The number of rotatable bonds is 12. The monoisotopic (exact) mass is 305 g/mol. The lowest BCUT2D eigenvalue weighted by Crippen LogP contribution is -2.44. The van der Waals surface area contributed by atoms with Crippen LogP contribution in [0, 0.1) is 4.91 Å². The van der Waals surface area contributed by atoms with Gasteiger partial charge in [0.15, 0.2) is 0 Å². The maximum atomic E-state index is 10.5. The standard InChI is InChI=1S/C14H31N3O4/c1-11(15-21)7-16(8-12(2)18)5-6-17(9-13(3)19)10-14(4)20/h11-14,18-20H,5-10H2,1-4H3. The lowest BCUT2D eigenvalue weighted by molar-refractivity contribution is 0.0675. The molecule has 7 heteroatoms. The number of nitroso groups, excluding NO2 is 1. The average Bonchev–Trinajstić information content (AvgIpc) is 2.33. The smallest absolute Gasteiger partial charge is 0.102 e. The van der Waals surface area contributed by atoms with Gasteiger partial charge >= 0.3 is 0 Å². The van der Waals surface area contributed by atoms with Crippen LogP contribution in [-0.4, -0.2) is 88.7 Å². The van der Waals surface area contributed by atoms with E-state index in [0.717, 1.165) is 0 Å². The van der Waals surface area contributed by atoms with Crippen molar-refractivity contribution in [2.45, 2.75) is 52.0 Å². The highest BCUT2D eigenvalue weighted by Gasteiger charge is 2.16. The van der Waals surface area contributed by atoms with Gasteiger partial charge in [0.25, 0.3) is 0 Å². The molecule has 0 aliphatic heterocycles. The van der Waals surface area contributed by atoms with E-state index in [1.54, 1.807) is 27.7 Å². The van der Waals surface area contributed by atoms with E-state index in [4.69, 9.17) is 0 Å². The summed E-state index contributed by atoms with van der Waals surface area (Å²) in [5, 5.41) is 31.5. The zero-order valence-corrected chi connectivity index (χ0v) is 13.6. The molecule has 0 rings (SSSR count). The van der Waals surface area contributed by atoms with E-state index in [0.29, 0.717) is 39.3 Å². The molecule has 0 spiro atoms. The third kappa shape index (κ3) is 11.7. The topological polar surface area (TPSA) is 96.6 Å². The van der Waals surface area contributed by atoms with Crippen LogP contribution in [-0.2, 0) is 0 Å². The van der Waals surface area contributed by atoms with Crippen molar-refractivity contribution in [1.29, 1.82) is 0 Å². The summed E-state index contributed by atoms with van der Waals surface area (Å²) < 4.78 is 0. The van der Waals surface area contributed by atoms with Gasteiger partial charge in [-0.1, -0.05) is 5.18 Å². The molecule has 0 bridgehead atoms. The molecule has 4 atom stereocenters. The Labute approximate surface area is 127 Å². The Morgan fingerprint density at radius 2 is 1.10 bits per heavy atom. The Bertz CT molecular complexity index is 265. The lowest BCUT2D eigenvalue weighted by atomic mass is 10.2. The number of hydrogen-bond acceptors (Lipinski definition) is 7. The van der Waals surface area contributed by atoms with E-state index in [-0.39, 0.29) is 6.04 Å². The molecule has 7 nitrogen and oxygen atoms in total. The van der Waals surface area contributed by atoms with Gasteiger partial charge < -0.3 is 15.3 Å². The van der Waals surface area contributed by atoms with Crippen molar-refractivity contribution in [2.24, 2.45) is 5.18 Å². The van der Waals surface area contributed by atoms with Crippen molar-refractivity contribution in [3.05, 3.63) is 4.91 Å². The van der Waals surface area contributed by atoms with Gasteiger partial charge in [0.1, 0.15) is 6.04 Å². The molecule has 0 amide bonds. The molecule has 0 saturated carbocycles. The molecule has 3 N–H and O–H groups in total. The second-order valence-electron chi connectivity index (χ2n) is 6.02. The molecule has 4 unspecified atom stereocenters. The van der Waals surface area contributed by atoms with E-state index < -0.39 is 18.3 Å². The zero-order valence-electron chi connectivity index (χ0n) is 13.6. The Hall–Kier alpha value is -0.600. The summed E-state index contributed by atoms with van der Waals surface area (Å²) in [6.07, 6.45) is -1.42. The molecular weight excluding hydrogens is 274 g/mol. The van der Waals surface area contributed by atoms with Gasteiger partial charge in [0, 0.05) is 39.3 Å². The summed E-state index contributed by atoms with van der Waals surface area (Å²) in [5.41, 5.74) is 0. The summed E-state index contributed by atoms with van der Waals surface area (Å²) in [6.45, 7) is 10.1. The van der Waals surface area contributed by atoms with Crippen LogP contribution in [0.1, 0.15) is 27.7 Å². The average molecular weight is 305 g/mol. The first-order valence-electron chi connectivity index (χ1n) is 7.56. The molecule has 0 fully saturated rings. The van der Waals surface area contributed by atoms with Gasteiger partial charge in [-0.2, -0.15) is 4.91 Å². The highest BCUT2D eigenvalue weighted by atomic mass is 16.3. The number of nitrogens with zero attached hydrogens (tertiary/aromatic N) is 3. The van der Waals surface area contributed by atoms with Gasteiger partial charge in [-0.3, -0.25) is 9.80 Å². The van der Waals surface area contributed by atoms with Gasteiger partial charge in [-0.15, -0.1) is 0 Å². The fourth-order valence-electron chi connectivity index (χ4n) is 2.33. The number of aliphatic hydroxyl groups is 3. The van der Waals surface area contributed by atoms with E-state index in [1.807, 2.05) is 9.80 Å². The van der Waals surface area contributed by atoms with Crippen LogP contribution in [0.25, 0.3) is 0 Å². The van der Waals surface area contributed by atoms with Crippen LogP contribution in [0.15, 0.2) is 5.18 Å². The van der Waals surface area contributed by atoms with Crippen molar-refractivity contribution in [3.63, 3.8) is 0 Å². The third-order valence-corrected chi connectivity index (χ3v) is 3.00.